The van der Waals surface area contributed by atoms with E-state index >= 15 is 0 Å². The van der Waals surface area contributed by atoms with Crippen LogP contribution >= 0.6 is 12.6 Å². The predicted molar refractivity (Wildman–Crippen MR) is 152 cm³/mol. The van der Waals surface area contributed by atoms with Crippen LogP contribution in [0.5, 0.6) is 5.75 Å². The number of benzene rings is 2. The number of ether oxygens (including phenoxy) is 1. The van der Waals surface area contributed by atoms with Gasteiger partial charge in [0.05, 0.1) is 25.8 Å². The van der Waals surface area contributed by atoms with E-state index in [2.05, 4.69) is 59.2 Å². The summed E-state index contributed by atoms with van der Waals surface area (Å²) in [4.78, 5) is 22.0. The smallest absolute Gasteiger partial charge is 0.256 e. The van der Waals surface area contributed by atoms with Crippen molar-refractivity contribution in [3.63, 3.8) is 0 Å². The van der Waals surface area contributed by atoms with Crippen LogP contribution in [0.2, 0.25) is 0 Å². The molecule has 2 heterocycles. The van der Waals surface area contributed by atoms with E-state index < -0.39 is 0 Å². The van der Waals surface area contributed by atoms with E-state index in [4.69, 9.17) is 9.15 Å². The van der Waals surface area contributed by atoms with Crippen LogP contribution in [0.25, 0.3) is 0 Å². The van der Waals surface area contributed by atoms with E-state index in [-0.39, 0.29) is 5.91 Å². The maximum absolute atomic E-state index is 12.5. The number of likely N-dealkylation sites (N-methyl/N-ethyl adjacent to an activating group) is 2. The second-order valence-corrected chi connectivity index (χ2v) is 9.69. The predicted octanol–water partition coefficient (Wildman–Crippen LogP) is 4.61. The van der Waals surface area contributed by atoms with Gasteiger partial charge < -0.3 is 24.3 Å². The van der Waals surface area contributed by atoms with Crippen LogP contribution in [0, 0.1) is 13.8 Å². The molecule has 0 saturated heterocycles. The Morgan fingerprint density at radius 3 is 2.43 bits per heavy atom. The Labute approximate surface area is 225 Å². The fraction of sp³-hybridized carbons (Fsp3) is 0.379. The van der Waals surface area contributed by atoms with Crippen molar-refractivity contribution < 1.29 is 13.9 Å². The first-order valence-electron chi connectivity index (χ1n) is 12.4. The monoisotopic (exact) mass is 522 g/mol. The molecule has 0 saturated carbocycles. The molecule has 1 amide bonds. The molecule has 2 aromatic carbocycles. The number of aryl methyl sites for hydroxylation is 2. The van der Waals surface area contributed by atoms with Crippen LogP contribution in [-0.2, 0) is 13.0 Å². The van der Waals surface area contributed by atoms with Gasteiger partial charge in [-0.1, -0.05) is 24.3 Å². The van der Waals surface area contributed by atoms with Crippen molar-refractivity contribution in [2.75, 3.05) is 47.9 Å². The van der Waals surface area contributed by atoms with Crippen LogP contribution in [0.4, 0.5) is 0 Å². The van der Waals surface area contributed by atoms with Gasteiger partial charge >= 0.3 is 0 Å². The quantitative estimate of drug-likeness (QED) is 0.423. The van der Waals surface area contributed by atoms with Crippen molar-refractivity contribution >= 4 is 24.4 Å². The van der Waals surface area contributed by atoms with Gasteiger partial charge in [0.1, 0.15) is 23.6 Å². The number of nitrogens with zero attached hydrogens (tertiary/aromatic N) is 3. The molecule has 0 unspecified atom stereocenters. The highest BCUT2D eigenvalue weighted by molar-refractivity contribution is 7.80. The lowest BCUT2D eigenvalue weighted by Gasteiger charge is -2.17. The number of carbonyl (C=O) groups is 1. The zero-order valence-corrected chi connectivity index (χ0v) is 23.6. The lowest BCUT2D eigenvalue weighted by molar-refractivity contribution is 0.0796. The molecule has 3 aromatic rings. The third kappa shape index (κ3) is 7.63. The maximum atomic E-state index is 12.5. The highest BCUT2D eigenvalue weighted by Gasteiger charge is 2.16. The first-order chi connectivity index (χ1) is 17.7. The lowest BCUT2D eigenvalue weighted by Crippen LogP contribution is -2.28. The Balaban J connectivity index is 0.000000289. The number of amides is 1. The van der Waals surface area contributed by atoms with Gasteiger partial charge in [-0.2, -0.15) is 0 Å². The van der Waals surface area contributed by atoms with Crippen molar-refractivity contribution in [1.82, 2.24) is 15.1 Å². The standard InChI is InChI=1S/C20H26N4O2.C9H12OS/c1-21-13-18-12-17(14-26-18)20(25)24(3)10-8-15-4-6-16(7-5-15)19-22-9-11-23(19)2;1-6-4-8(10-3)5-7(2)9(6)11/h4-7,12,14,21H,8-11,13H2,1-3H3;4-5,11H,1-3H3. The summed E-state index contributed by atoms with van der Waals surface area (Å²) in [6, 6.07) is 14.2. The number of hydrogen-bond donors (Lipinski definition) is 2. The van der Waals surface area contributed by atoms with E-state index in [1.807, 2.05) is 40.1 Å². The number of hydrogen-bond acceptors (Lipinski definition) is 7. The molecule has 0 spiro atoms. The molecule has 0 bridgehead atoms. The average Bonchev–Trinajstić information content (AvgIpc) is 3.55. The van der Waals surface area contributed by atoms with Crippen LogP contribution in [-0.4, -0.2) is 69.4 Å². The molecule has 1 aliphatic rings. The number of carbonyl (C=O) groups excluding carboxylic acids is 1. The molecular formula is C29H38N4O3S. The van der Waals surface area contributed by atoms with Crippen LogP contribution in [0.3, 0.4) is 0 Å². The summed E-state index contributed by atoms with van der Waals surface area (Å²) in [7, 11) is 7.41. The molecule has 1 aliphatic heterocycles. The Hall–Kier alpha value is -3.23. The number of amidine groups is 1. The molecule has 1 N–H and O–H groups in total. The molecular weight excluding hydrogens is 484 g/mol. The van der Waals surface area contributed by atoms with Gasteiger partial charge in [0.25, 0.3) is 5.91 Å². The number of aliphatic imine (C=N–C) groups is 1. The van der Waals surface area contributed by atoms with E-state index in [0.29, 0.717) is 18.7 Å². The fourth-order valence-corrected chi connectivity index (χ4v) is 4.21. The summed E-state index contributed by atoms with van der Waals surface area (Å²) >= 11 is 4.34. The Bertz CT molecular complexity index is 1200. The van der Waals surface area contributed by atoms with E-state index in [9.17, 15) is 4.79 Å². The Kier molecular flexibility index (Phi) is 10.2. The molecule has 0 radical (unpaired) electrons. The molecule has 0 aliphatic carbocycles. The van der Waals surface area contributed by atoms with Crippen LogP contribution in [0.15, 0.2) is 63.0 Å². The number of thiol groups is 1. The van der Waals surface area contributed by atoms with Gasteiger partial charge in [0, 0.05) is 37.6 Å². The topological polar surface area (TPSA) is 70.3 Å². The van der Waals surface area contributed by atoms with E-state index in [1.54, 1.807) is 18.1 Å². The van der Waals surface area contributed by atoms with Crippen molar-refractivity contribution in [2.24, 2.45) is 4.99 Å². The molecule has 4 rings (SSSR count). The van der Waals surface area contributed by atoms with Crippen molar-refractivity contribution in [3.05, 3.63) is 82.3 Å². The second-order valence-electron chi connectivity index (χ2n) is 9.24. The molecule has 8 heteroatoms. The van der Waals surface area contributed by atoms with Crippen LogP contribution < -0.4 is 10.1 Å². The molecule has 0 atom stereocenters. The van der Waals surface area contributed by atoms with Gasteiger partial charge in [-0.05, 0) is 62.2 Å². The van der Waals surface area contributed by atoms with Crippen molar-refractivity contribution in [3.8, 4) is 5.75 Å². The summed E-state index contributed by atoms with van der Waals surface area (Å²) in [6.07, 6.45) is 2.34. The first kappa shape index (κ1) is 28.3. The average molecular weight is 523 g/mol. The molecule has 7 nitrogen and oxygen atoms in total. The lowest BCUT2D eigenvalue weighted by atomic mass is 10.1. The number of rotatable bonds is 8. The van der Waals surface area contributed by atoms with Crippen molar-refractivity contribution in [2.45, 2.75) is 31.7 Å². The summed E-state index contributed by atoms with van der Waals surface area (Å²) < 4.78 is 10.5. The SMILES string of the molecule is CNCc1cc(C(=O)N(C)CCc2ccc(C3=NCCN3C)cc2)co1.COc1cc(C)c(S)c(C)c1. The second kappa shape index (κ2) is 13.4. The minimum atomic E-state index is -0.0188. The Morgan fingerprint density at radius 1 is 1.19 bits per heavy atom. The normalized spacial score (nSPS) is 12.6. The minimum absolute atomic E-state index is 0.0188. The molecule has 37 heavy (non-hydrogen) atoms. The van der Waals surface area contributed by atoms with Gasteiger partial charge in [-0.15, -0.1) is 12.6 Å². The number of furan rings is 1. The molecule has 1 aromatic heterocycles. The first-order valence-corrected chi connectivity index (χ1v) is 12.8. The summed E-state index contributed by atoms with van der Waals surface area (Å²) in [5.74, 6) is 2.70. The van der Waals surface area contributed by atoms with Crippen LogP contribution in [0.1, 0.15) is 38.4 Å². The van der Waals surface area contributed by atoms with Crippen molar-refractivity contribution in [1.29, 1.82) is 0 Å². The molecule has 0 fully saturated rings. The van der Waals surface area contributed by atoms with Gasteiger partial charge in [-0.3, -0.25) is 9.79 Å². The molecule has 198 valence electrons. The highest BCUT2D eigenvalue weighted by atomic mass is 32.1. The minimum Gasteiger partial charge on any atom is -0.497 e. The zero-order chi connectivity index (χ0) is 26.9. The number of methoxy groups -OCH3 is 1. The van der Waals surface area contributed by atoms with Gasteiger partial charge in [-0.25, -0.2) is 0 Å². The third-order valence-corrected chi connectivity index (χ3v) is 7.01. The number of nitrogens with one attached hydrogen (secondary N) is 1. The van der Waals surface area contributed by atoms with E-state index in [1.165, 1.54) is 11.8 Å². The van der Waals surface area contributed by atoms with Gasteiger partial charge in [0.2, 0.25) is 0 Å². The van der Waals surface area contributed by atoms with Gasteiger partial charge in [0.15, 0.2) is 0 Å². The van der Waals surface area contributed by atoms with E-state index in [0.717, 1.165) is 58.4 Å². The Morgan fingerprint density at radius 2 is 1.86 bits per heavy atom. The largest absolute Gasteiger partial charge is 0.497 e. The summed E-state index contributed by atoms with van der Waals surface area (Å²) in [5, 5.41) is 3.01. The maximum Gasteiger partial charge on any atom is 0.256 e. The third-order valence-electron chi connectivity index (χ3n) is 6.31. The summed E-state index contributed by atoms with van der Waals surface area (Å²) in [5.41, 5.74) is 5.26. The highest BCUT2D eigenvalue weighted by Crippen LogP contribution is 2.23. The zero-order valence-electron chi connectivity index (χ0n) is 22.7. The fourth-order valence-electron chi connectivity index (χ4n) is 4.08. The summed E-state index contributed by atoms with van der Waals surface area (Å²) in [6.45, 7) is 7.17.